The fourth-order valence-corrected chi connectivity index (χ4v) is 3.05. The van der Waals surface area contributed by atoms with Crippen LogP contribution in [0.2, 0.25) is 0 Å². The number of hydrogen-bond acceptors (Lipinski definition) is 4. The number of anilines is 1. The van der Waals surface area contributed by atoms with Gasteiger partial charge >= 0.3 is 0 Å². The Morgan fingerprint density at radius 3 is 2.60 bits per heavy atom. The summed E-state index contributed by atoms with van der Waals surface area (Å²) < 4.78 is 18.1. The summed E-state index contributed by atoms with van der Waals surface area (Å²) in [4.78, 5) is 17.2. The average Bonchev–Trinajstić information content (AvgIpc) is 3.03. The first-order valence-corrected chi connectivity index (χ1v) is 8.58. The van der Waals surface area contributed by atoms with Crippen LogP contribution in [0.5, 0.6) is 5.75 Å². The van der Waals surface area contributed by atoms with Crippen molar-refractivity contribution in [2.45, 2.75) is 13.3 Å². The van der Waals surface area contributed by atoms with Crippen LogP contribution in [0.25, 0.3) is 0 Å². The maximum absolute atomic E-state index is 12.8. The van der Waals surface area contributed by atoms with Crippen LogP contribution in [-0.4, -0.2) is 17.5 Å². The smallest absolute Gasteiger partial charge is 0.264 e. The molecule has 0 saturated heterocycles. The Kier molecular flexibility index (Phi) is 5.40. The largest absolute Gasteiger partial charge is 0.484 e. The van der Waals surface area contributed by atoms with Crippen LogP contribution in [0.4, 0.5) is 9.52 Å². The Balaban J connectivity index is 1.51. The molecular formula is C19H17FN2O2S. The molecule has 2 aromatic carbocycles. The molecule has 128 valence electrons. The summed E-state index contributed by atoms with van der Waals surface area (Å²) in [6.45, 7) is 1.90. The lowest BCUT2D eigenvalue weighted by Gasteiger charge is -2.05. The lowest BCUT2D eigenvalue weighted by atomic mass is 10.1. The van der Waals surface area contributed by atoms with Gasteiger partial charge in [-0.2, -0.15) is 0 Å². The lowest BCUT2D eigenvalue weighted by Crippen LogP contribution is -2.19. The summed E-state index contributed by atoms with van der Waals surface area (Å²) in [6.07, 6.45) is 2.54. The zero-order valence-corrected chi connectivity index (χ0v) is 14.5. The molecule has 0 aliphatic rings. The fraction of sp³-hybridized carbons (Fsp3) is 0.158. The fourth-order valence-electron chi connectivity index (χ4n) is 2.19. The minimum atomic E-state index is -0.347. The molecule has 0 saturated carbocycles. The molecule has 1 heterocycles. The SMILES string of the molecule is Cc1ccc(Cc2cnc(NC(=O)COc3ccc(F)cc3)s2)cc1. The van der Waals surface area contributed by atoms with Gasteiger partial charge in [0, 0.05) is 17.5 Å². The monoisotopic (exact) mass is 356 g/mol. The van der Waals surface area contributed by atoms with Gasteiger partial charge in [-0.1, -0.05) is 29.8 Å². The molecule has 6 heteroatoms. The van der Waals surface area contributed by atoms with Crippen molar-refractivity contribution in [2.75, 3.05) is 11.9 Å². The van der Waals surface area contributed by atoms with Crippen LogP contribution in [0.1, 0.15) is 16.0 Å². The molecule has 0 unspecified atom stereocenters. The van der Waals surface area contributed by atoms with E-state index >= 15 is 0 Å². The molecule has 0 fully saturated rings. The number of ether oxygens (including phenoxy) is 1. The number of carbonyl (C=O) groups excluding carboxylic acids is 1. The highest BCUT2D eigenvalue weighted by molar-refractivity contribution is 7.15. The standard InChI is InChI=1S/C19H17FN2O2S/c1-13-2-4-14(5-3-13)10-17-11-21-19(25-17)22-18(23)12-24-16-8-6-15(20)7-9-16/h2-9,11H,10,12H2,1H3,(H,21,22,23). The van der Waals surface area contributed by atoms with Crippen LogP contribution in [0.15, 0.2) is 54.7 Å². The maximum atomic E-state index is 12.8. The van der Waals surface area contributed by atoms with E-state index in [2.05, 4.69) is 41.5 Å². The van der Waals surface area contributed by atoms with E-state index in [0.717, 1.165) is 11.3 Å². The number of carbonyl (C=O) groups is 1. The number of aromatic nitrogens is 1. The van der Waals surface area contributed by atoms with E-state index in [1.165, 1.54) is 46.7 Å². The normalized spacial score (nSPS) is 10.5. The quantitative estimate of drug-likeness (QED) is 0.720. The Morgan fingerprint density at radius 1 is 1.16 bits per heavy atom. The lowest BCUT2D eigenvalue weighted by molar-refractivity contribution is -0.118. The van der Waals surface area contributed by atoms with Gasteiger partial charge in [0.1, 0.15) is 11.6 Å². The minimum Gasteiger partial charge on any atom is -0.484 e. The van der Waals surface area contributed by atoms with Crippen molar-refractivity contribution in [3.8, 4) is 5.75 Å². The number of hydrogen-bond donors (Lipinski definition) is 1. The number of halogens is 1. The number of rotatable bonds is 6. The summed E-state index contributed by atoms with van der Waals surface area (Å²) in [5, 5.41) is 3.25. The second kappa shape index (κ2) is 7.90. The van der Waals surface area contributed by atoms with Gasteiger partial charge in [-0.05, 0) is 36.8 Å². The Morgan fingerprint density at radius 2 is 1.88 bits per heavy atom. The summed E-state index contributed by atoms with van der Waals surface area (Å²) in [6, 6.07) is 13.8. The first-order valence-electron chi connectivity index (χ1n) is 7.77. The number of nitrogens with zero attached hydrogens (tertiary/aromatic N) is 1. The Hall–Kier alpha value is -2.73. The van der Waals surface area contributed by atoms with Crippen LogP contribution in [0, 0.1) is 12.7 Å². The average molecular weight is 356 g/mol. The molecule has 0 aliphatic heterocycles. The van der Waals surface area contributed by atoms with E-state index in [1.54, 1.807) is 6.20 Å². The molecular weight excluding hydrogens is 339 g/mol. The van der Waals surface area contributed by atoms with E-state index in [9.17, 15) is 9.18 Å². The van der Waals surface area contributed by atoms with Crippen molar-refractivity contribution in [2.24, 2.45) is 0 Å². The summed E-state index contributed by atoms with van der Waals surface area (Å²) in [5.74, 6) is -0.211. The molecule has 1 N–H and O–H groups in total. The van der Waals surface area contributed by atoms with Crippen LogP contribution in [-0.2, 0) is 11.2 Å². The predicted molar refractivity (Wildman–Crippen MR) is 96.6 cm³/mol. The van der Waals surface area contributed by atoms with Gasteiger partial charge in [0.15, 0.2) is 11.7 Å². The molecule has 0 spiro atoms. The van der Waals surface area contributed by atoms with Gasteiger partial charge in [0.25, 0.3) is 5.91 Å². The third-order valence-electron chi connectivity index (χ3n) is 3.48. The highest BCUT2D eigenvalue weighted by Crippen LogP contribution is 2.21. The van der Waals surface area contributed by atoms with E-state index in [-0.39, 0.29) is 18.3 Å². The second-order valence-corrected chi connectivity index (χ2v) is 6.70. The molecule has 1 amide bonds. The highest BCUT2D eigenvalue weighted by Gasteiger charge is 2.08. The first-order chi connectivity index (χ1) is 12.1. The van der Waals surface area contributed by atoms with Gasteiger partial charge in [-0.15, -0.1) is 11.3 Å². The molecule has 0 atom stereocenters. The third-order valence-corrected chi connectivity index (χ3v) is 4.40. The number of benzene rings is 2. The van der Waals surface area contributed by atoms with Crippen LogP contribution >= 0.6 is 11.3 Å². The topological polar surface area (TPSA) is 51.2 Å². The van der Waals surface area contributed by atoms with Crippen molar-refractivity contribution in [3.05, 3.63) is 76.5 Å². The van der Waals surface area contributed by atoms with Crippen molar-refractivity contribution < 1.29 is 13.9 Å². The number of amides is 1. The van der Waals surface area contributed by atoms with Gasteiger partial charge in [-0.3, -0.25) is 10.1 Å². The summed E-state index contributed by atoms with van der Waals surface area (Å²) in [7, 11) is 0. The van der Waals surface area contributed by atoms with E-state index in [0.29, 0.717) is 10.9 Å². The van der Waals surface area contributed by atoms with Crippen molar-refractivity contribution >= 4 is 22.4 Å². The van der Waals surface area contributed by atoms with E-state index in [4.69, 9.17) is 4.74 Å². The molecule has 0 aliphatic carbocycles. The minimum absolute atomic E-state index is 0.154. The molecule has 25 heavy (non-hydrogen) atoms. The molecule has 4 nitrogen and oxygen atoms in total. The molecule has 3 aromatic rings. The van der Waals surface area contributed by atoms with Crippen molar-refractivity contribution in [3.63, 3.8) is 0 Å². The van der Waals surface area contributed by atoms with Gasteiger partial charge in [0.05, 0.1) is 0 Å². The molecule has 1 aromatic heterocycles. The zero-order valence-electron chi connectivity index (χ0n) is 13.7. The first kappa shape index (κ1) is 17.1. The maximum Gasteiger partial charge on any atom is 0.264 e. The van der Waals surface area contributed by atoms with E-state index in [1.807, 2.05) is 0 Å². The molecule has 3 rings (SSSR count). The Labute approximate surface area is 149 Å². The molecule has 0 bridgehead atoms. The van der Waals surface area contributed by atoms with Gasteiger partial charge in [0.2, 0.25) is 0 Å². The van der Waals surface area contributed by atoms with Crippen molar-refractivity contribution in [1.29, 1.82) is 0 Å². The van der Waals surface area contributed by atoms with Crippen molar-refractivity contribution in [1.82, 2.24) is 4.98 Å². The number of thiazole rings is 1. The zero-order chi connectivity index (χ0) is 17.6. The highest BCUT2D eigenvalue weighted by atomic mass is 32.1. The third kappa shape index (κ3) is 5.12. The van der Waals surface area contributed by atoms with Crippen LogP contribution in [0.3, 0.4) is 0 Å². The number of aryl methyl sites for hydroxylation is 1. The predicted octanol–water partition coefficient (Wildman–Crippen LogP) is 4.20. The Bertz CT molecular complexity index is 845. The van der Waals surface area contributed by atoms with Gasteiger partial charge in [-0.25, -0.2) is 9.37 Å². The summed E-state index contributed by atoms with van der Waals surface area (Å²) in [5.41, 5.74) is 2.42. The van der Waals surface area contributed by atoms with Crippen LogP contribution < -0.4 is 10.1 Å². The second-order valence-electron chi connectivity index (χ2n) is 5.58. The molecule has 0 radical (unpaired) electrons. The van der Waals surface area contributed by atoms with Gasteiger partial charge < -0.3 is 4.74 Å². The van der Waals surface area contributed by atoms with E-state index < -0.39 is 0 Å². The summed E-state index contributed by atoms with van der Waals surface area (Å²) >= 11 is 1.44. The number of nitrogens with one attached hydrogen (secondary N) is 1.